The van der Waals surface area contributed by atoms with E-state index in [1.54, 1.807) is 27.1 Å². The van der Waals surface area contributed by atoms with Crippen molar-refractivity contribution in [1.29, 1.82) is 5.41 Å². The number of piperidine rings is 1. The van der Waals surface area contributed by atoms with Gasteiger partial charge in [0.05, 0.1) is 11.1 Å². The van der Waals surface area contributed by atoms with Crippen molar-refractivity contribution >= 4 is 11.6 Å². The van der Waals surface area contributed by atoms with E-state index >= 15 is 0 Å². The van der Waals surface area contributed by atoms with Gasteiger partial charge >= 0.3 is 6.18 Å². The minimum absolute atomic E-state index is 0.0916. The molecule has 0 radical (unpaired) electrons. The number of nitrogens with one attached hydrogen (secondary N) is 4. The summed E-state index contributed by atoms with van der Waals surface area (Å²) in [6.45, 7) is 16.4. The van der Waals surface area contributed by atoms with Crippen LogP contribution in [0.5, 0.6) is 0 Å². The number of carbonyl (C=O) groups is 1. The number of hydrogen-bond acceptors (Lipinski definition) is 4. The molecule has 9 heteroatoms. The van der Waals surface area contributed by atoms with Gasteiger partial charge in [-0.3, -0.25) is 4.79 Å². The summed E-state index contributed by atoms with van der Waals surface area (Å²) in [6, 6.07) is -0.0916. The Balaban J connectivity index is -0.000000503. The summed E-state index contributed by atoms with van der Waals surface area (Å²) in [5.74, 6) is 1.68. The van der Waals surface area contributed by atoms with Crippen molar-refractivity contribution in [3.63, 3.8) is 0 Å². The second-order valence-corrected chi connectivity index (χ2v) is 8.53. The molecule has 1 aromatic heterocycles. The predicted molar refractivity (Wildman–Crippen MR) is 145 cm³/mol. The third-order valence-corrected chi connectivity index (χ3v) is 5.32. The molecule has 3 rings (SSSR count). The molecule has 36 heavy (non-hydrogen) atoms. The summed E-state index contributed by atoms with van der Waals surface area (Å²) in [6.07, 6.45) is 8.60. The predicted octanol–water partition coefficient (Wildman–Crippen LogP) is 6.98. The fraction of sp³-hybridized carbons (Fsp3) is 0.741. The Morgan fingerprint density at radius 1 is 1.25 bits per heavy atom. The van der Waals surface area contributed by atoms with E-state index in [-0.39, 0.29) is 31.2 Å². The monoisotopic (exact) mass is 517 g/mol. The number of aromatic amines is 1. The molecule has 1 aromatic rings. The average Bonchev–Trinajstić information content (AvgIpc) is 3.54. The van der Waals surface area contributed by atoms with Crippen LogP contribution in [0.1, 0.15) is 105 Å². The van der Waals surface area contributed by atoms with Gasteiger partial charge in [-0.1, -0.05) is 34.6 Å². The number of H-pyrrole nitrogens is 1. The number of imidazole rings is 1. The van der Waals surface area contributed by atoms with Crippen LogP contribution in [0, 0.1) is 36.5 Å². The van der Waals surface area contributed by atoms with Crippen LogP contribution in [0.25, 0.3) is 0 Å². The summed E-state index contributed by atoms with van der Waals surface area (Å²) in [5.41, 5.74) is 0.102. The van der Waals surface area contributed by atoms with Gasteiger partial charge in [-0.25, -0.2) is 4.98 Å². The lowest BCUT2D eigenvalue weighted by Gasteiger charge is -2.22. The van der Waals surface area contributed by atoms with Crippen molar-refractivity contribution < 1.29 is 18.0 Å². The number of hydrogen-bond donors (Lipinski definition) is 4. The highest BCUT2D eigenvalue weighted by molar-refractivity contribution is 5.76. The smallest absolute Gasteiger partial charge is 0.356 e. The Morgan fingerprint density at radius 3 is 2.03 bits per heavy atom. The minimum Gasteiger partial charge on any atom is -0.356 e. The van der Waals surface area contributed by atoms with Crippen molar-refractivity contribution in [1.82, 2.24) is 20.6 Å². The van der Waals surface area contributed by atoms with E-state index in [1.807, 2.05) is 34.6 Å². The van der Waals surface area contributed by atoms with Gasteiger partial charge in [0.25, 0.3) is 0 Å². The SMILES string of the molecule is C#C.CC.CC.CC(C)=N.CC1CCC(=O)NC1.CN[C@@H](CCC1(C(F)(F)F)CC1)c1cnc(C)[nH]1. The van der Waals surface area contributed by atoms with E-state index in [2.05, 4.69) is 40.4 Å². The molecule has 2 heterocycles. The van der Waals surface area contributed by atoms with Gasteiger partial charge in [-0.15, -0.1) is 12.8 Å². The molecular formula is C27H50F3N5O. The molecular weight excluding hydrogens is 467 g/mol. The number of aryl methyl sites for hydroxylation is 1. The van der Waals surface area contributed by atoms with Crippen LogP contribution in [0.4, 0.5) is 13.2 Å². The summed E-state index contributed by atoms with van der Waals surface area (Å²) in [7, 11) is 1.76. The number of nitrogens with zero attached hydrogens (tertiary/aromatic N) is 1. The molecule has 0 spiro atoms. The van der Waals surface area contributed by atoms with E-state index < -0.39 is 11.6 Å². The van der Waals surface area contributed by atoms with Crippen LogP contribution in [0.3, 0.4) is 0 Å². The normalized spacial score (nSPS) is 17.6. The Kier molecular flexibility index (Phi) is 22.1. The molecule has 6 nitrogen and oxygen atoms in total. The second kappa shape index (κ2) is 20.8. The van der Waals surface area contributed by atoms with Crippen LogP contribution in [0.2, 0.25) is 0 Å². The van der Waals surface area contributed by atoms with E-state index in [4.69, 9.17) is 5.41 Å². The molecule has 4 N–H and O–H groups in total. The first-order chi connectivity index (χ1) is 16.9. The fourth-order valence-electron chi connectivity index (χ4n) is 3.17. The van der Waals surface area contributed by atoms with Gasteiger partial charge in [0.1, 0.15) is 5.82 Å². The highest BCUT2D eigenvalue weighted by atomic mass is 19.4. The number of carbonyl (C=O) groups excluding carboxylic acids is 1. The number of halogens is 3. The third-order valence-electron chi connectivity index (χ3n) is 5.32. The Bertz CT molecular complexity index is 710. The van der Waals surface area contributed by atoms with Crippen LogP contribution < -0.4 is 10.6 Å². The van der Waals surface area contributed by atoms with Crippen LogP contribution >= 0.6 is 0 Å². The number of amides is 1. The van der Waals surface area contributed by atoms with Gasteiger partial charge in [-0.05, 0) is 65.8 Å². The number of aromatic nitrogens is 2. The lowest BCUT2D eigenvalue weighted by Crippen LogP contribution is -2.33. The molecule has 1 amide bonds. The molecule has 0 bridgehead atoms. The molecule has 2 fully saturated rings. The molecule has 1 unspecified atom stereocenters. The lowest BCUT2D eigenvalue weighted by molar-refractivity contribution is -0.189. The highest BCUT2D eigenvalue weighted by Crippen LogP contribution is 2.60. The van der Waals surface area contributed by atoms with Crippen LogP contribution in [-0.2, 0) is 4.79 Å². The summed E-state index contributed by atoms with van der Waals surface area (Å²) in [4.78, 5) is 17.6. The van der Waals surface area contributed by atoms with Gasteiger partial charge in [0.15, 0.2) is 0 Å². The topological polar surface area (TPSA) is 93.7 Å². The summed E-state index contributed by atoms with van der Waals surface area (Å²) < 4.78 is 38.4. The molecule has 210 valence electrons. The van der Waals surface area contributed by atoms with E-state index in [0.29, 0.717) is 18.1 Å². The minimum atomic E-state index is -4.06. The Hall–Kier alpha value is -2.34. The fourth-order valence-corrected chi connectivity index (χ4v) is 3.17. The van der Waals surface area contributed by atoms with E-state index in [1.165, 1.54) is 0 Å². The first kappa shape index (κ1) is 38.2. The Labute approximate surface area is 217 Å². The maximum Gasteiger partial charge on any atom is 0.394 e. The molecule has 2 aliphatic rings. The summed E-state index contributed by atoms with van der Waals surface area (Å²) >= 11 is 0. The van der Waals surface area contributed by atoms with Gasteiger partial charge in [-0.2, -0.15) is 13.2 Å². The molecule has 1 aliphatic heterocycles. The molecule has 1 saturated carbocycles. The maximum atomic E-state index is 12.8. The largest absolute Gasteiger partial charge is 0.394 e. The number of alkyl halides is 3. The quantitative estimate of drug-likeness (QED) is 0.251. The zero-order valence-corrected chi connectivity index (χ0v) is 23.8. The highest BCUT2D eigenvalue weighted by Gasteiger charge is 2.62. The molecule has 1 saturated heterocycles. The van der Waals surface area contributed by atoms with Crippen molar-refractivity contribution in [3.05, 3.63) is 17.7 Å². The standard InChI is InChI=1S/C12H18F3N3.C6H11NO.C3H7N.2C2H6.C2H2/c1-8-17-7-10(18-8)9(16-2)3-4-11(5-6-11)12(13,14)15;1-5-2-3-6(8)7-4-5;1-3(2)4;3*1-2/h7,9,16H,3-6H2,1-2H3,(H,17,18);5H,2-4H2,1H3,(H,7,8);4H,1-2H3;2*1-2H3;1-2H/t9-;;;;;/m0...../s1. The van der Waals surface area contributed by atoms with Gasteiger partial charge in [0, 0.05) is 30.9 Å². The Morgan fingerprint density at radius 2 is 1.75 bits per heavy atom. The van der Waals surface area contributed by atoms with Crippen molar-refractivity contribution in [2.45, 2.75) is 106 Å². The molecule has 0 aromatic carbocycles. The maximum absolute atomic E-state index is 12.8. The molecule has 2 atom stereocenters. The number of terminal acetylenes is 1. The van der Waals surface area contributed by atoms with Crippen molar-refractivity contribution in [3.8, 4) is 12.8 Å². The molecule has 1 aliphatic carbocycles. The van der Waals surface area contributed by atoms with Crippen molar-refractivity contribution in [2.75, 3.05) is 13.6 Å². The van der Waals surface area contributed by atoms with E-state index in [0.717, 1.165) is 30.9 Å². The third kappa shape index (κ3) is 16.4. The zero-order chi connectivity index (χ0) is 28.9. The first-order valence-electron chi connectivity index (χ1n) is 12.8. The lowest BCUT2D eigenvalue weighted by atomic mass is 9.95. The van der Waals surface area contributed by atoms with Crippen molar-refractivity contribution in [2.24, 2.45) is 11.3 Å². The zero-order valence-electron chi connectivity index (χ0n) is 23.8. The average molecular weight is 518 g/mol. The first-order valence-corrected chi connectivity index (χ1v) is 12.8. The van der Waals surface area contributed by atoms with Crippen LogP contribution in [0.15, 0.2) is 6.20 Å². The van der Waals surface area contributed by atoms with Crippen LogP contribution in [-0.4, -0.2) is 41.4 Å². The number of rotatable bonds is 5. The van der Waals surface area contributed by atoms with Gasteiger partial charge in [0.2, 0.25) is 5.91 Å². The second-order valence-electron chi connectivity index (χ2n) is 8.53. The summed E-state index contributed by atoms with van der Waals surface area (Å²) in [5, 5.41) is 12.3. The van der Waals surface area contributed by atoms with Gasteiger partial charge < -0.3 is 21.0 Å². The van der Waals surface area contributed by atoms with E-state index in [9.17, 15) is 18.0 Å².